The number of hydrogen-bond donors (Lipinski definition) is 4. The zero-order valence-electron chi connectivity index (χ0n) is 20.0. The third kappa shape index (κ3) is 7.90. The van der Waals surface area contributed by atoms with Crippen LogP contribution in [0.2, 0.25) is 0 Å². The number of nitrogens with zero attached hydrogens (tertiary/aromatic N) is 4. The van der Waals surface area contributed by atoms with Crippen molar-refractivity contribution in [1.29, 1.82) is 5.26 Å². The van der Waals surface area contributed by atoms with Gasteiger partial charge >= 0.3 is 6.18 Å². The third-order valence-electron chi connectivity index (χ3n) is 5.12. The van der Waals surface area contributed by atoms with Crippen LogP contribution in [0, 0.1) is 11.3 Å². The Hall–Kier alpha value is -3.24. The van der Waals surface area contributed by atoms with Gasteiger partial charge in [-0.1, -0.05) is 13.8 Å². The molecule has 1 aromatic carbocycles. The highest BCUT2D eigenvalue weighted by Gasteiger charge is 2.31. The topological polar surface area (TPSA) is 132 Å². The van der Waals surface area contributed by atoms with E-state index in [1.807, 2.05) is 19.9 Å². The first-order valence-electron chi connectivity index (χ1n) is 10.9. The number of aromatic nitrogens is 2. The van der Waals surface area contributed by atoms with Crippen LogP contribution in [0.1, 0.15) is 31.9 Å². The van der Waals surface area contributed by atoms with Gasteiger partial charge < -0.3 is 26.6 Å². The molecule has 190 valence electrons. The van der Waals surface area contributed by atoms with Crippen LogP contribution in [0.15, 0.2) is 23.2 Å². The van der Waals surface area contributed by atoms with Crippen molar-refractivity contribution in [2.24, 2.45) is 0 Å². The van der Waals surface area contributed by atoms with E-state index in [0.29, 0.717) is 18.1 Å². The number of benzene rings is 1. The summed E-state index contributed by atoms with van der Waals surface area (Å²) in [5, 5.41) is 18.1. The van der Waals surface area contributed by atoms with E-state index in [4.69, 9.17) is 5.73 Å². The van der Waals surface area contributed by atoms with E-state index < -0.39 is 23.7 Å². The molecular weight excluding hydrogens is 481 g/mol. The first kappa shape index (κ1) is 28.0. The number of likely N-dealkylation sites (N-methyl/N-ethyl adjacent to an activating group) is 1. The molecule has 9 nitrogen and oxygen atoms in total. The number of alkyl halides is 3. The molecule has 1 unspecified atom stereocenters. The fraction of sp³-hybridized carbons (Fsp3) is 0.455. The summed E-state index contributed by atoms with van der Waals surface area (Å²) >= 11 is 1.19. The van der Waals surface area contributed by atoms with Gasteiger partial charge in [0.25, 0.3) is 0 Å². The van der Waals surface area contributed by atoms with Gasteiger partial charge in [-0.05, 0) is 44.5 Å². The summed E-state index contributed by atoms with van der Waals surface area (Å²) in [4.78, 5) is 22.9. The van der Waals surface area contributed by atoms with E-state index in [0.717, 1.165) is 25.2 Å². The molecule has 0 aliphatic rings. The second-order valence-electron chi connectivity index (χ2n) is 7.53. The maximum atomic E-state index is 13.5. The van der Waals surface area contributed by atoms with Gasteiger partial charge in [-0.3, -0.25) is 4.79 Å². The van der Waals surface area contributed by atoms with Gasteiger partial charge in [0.1, 0.15) is 22.7 Å². The Morgan fingerprint density at radius 3 is 2.46 bits per heavy atom. The number of amides is 1. The minimum Gasteiger partial charge on any atom is -0.384 e. The van der Waals surface area contributed by atoms with Crippen LogP contribution in [0.3, 0.4) is 0 Å². The summed E-state index contributed by atoms with van der Waals surface area (Å²) in [6, 6.07) is 4.35. The Labute approximate surface area is 206 Å². The molecule has 0 aliphatic heterocycles. The number of carbonyl (C=O) groups is 1. The van der Waals surface area contributed by atoms with E-state index in [9.17, 15) is 23.2 Å². The molecule has 1 atom stereocenters. The summed E-state index contributed by atoms with van der Waals surface area (Å²) in [5.41, 5.74) is 5.13. The first-order chi connectivity index (χ1) is 16.5. The van der Waals surface area contributed by atoms with Gasteiger partial charge in [-0.25, -0.2) is 4.98 Å². The van der Waals surface area contributed by atoms with Gasteiger partial charge in [0.2, 0.25) is 11.9 Å². The SMILES string of the molecule is CCN(CC)CCNc1cc(NC(=O)C(C)Nc2nc(N)nc(SC)c2C#N)cc(C(F)(F)F)c1. The quantitative estimate of drug-likeness (QED) is 0.263. The molecule has 0 bridgehead atoms. The van der Waals surface area contributed by atoms with Crippen molar-refractivity contribution in [3.63, 3.8) is 0 Å². The third-order valence-corrected chi connectivity index (χ3v) is 5.81. The second-order valence-corrected chi connectivity index (χ2v) is 8.33. The highest BCUT2D eigenvalue weighted by atomic mass is 32.2. The van der Waals surface area contributed by atoms with E-state index in [2.05, 4.69) is 30.8 Å². The lowest BCUT2D eigenvalue weighted by Gasteiger charge is -2.20. The molecule has 1 aromatic heterocycles. The molecule has 0 saturated carbocycles. The second kappa shape index (κ2) is 12.5. The molecule has 0 fully saturated rings. The number of anilines is 4. The summed E-state index contributed by atoms with van der Waals surface area (Å²) in [6.07, 6.45) is -2.88. The highest BCUT2D eigenvalue weighted by molar-refractivity contribution is 7.98. The van der Waals surface area contributed by atoms with Crippen LogP contribution in [0.5, 0.6) is 0 Å². The van der Waals surface area contributed by atoms with Crippen molar-refractivity contribution < 1.29 is 18.0 Å². The summed E-state index contributed by atoms with van der Waals surface area (Å²) in [7, 11) is 0. The predicted octanol–water partition coefficient (Wildman–Crippen LogP) is 3.86. The molecule has 2 aromatic rings. The molecular formula is C22H29F3N8OS. The molecule has 0 spiro atoms. The molecule has 5 N–H and O–H groups in total. The Kier molecular flexibility index (Phi) is 9.97. The van der Waals surface area contributed by atoms with Gasteiger partial charge in [0.15, 0.2) is 5.82 Å². The maximum Gasteiger partial charge on any atom is 0.416 e. The van der Waals surface area contributed by atoms with E-state index in [1.165, 1.54) is 24.8 Å². The first-order valence-corrected chi connectivity index (χ1v) is 12.1. The zero-order chi connectivity index (χ0) is 26.2. The molecule has 0 radical (unpaired) electrons. The lowest BCUT2D eigenvalue weighted by atomic mass is 10.1. The number of thioether (sulfide) groups is 1. The average Bonchev–Trinajstić information content (AvgIpc) is 2.80. The predicted molar refractivity (Wildman–Crippen MR) is 132 cm³/mol. The Bertz CT molecular complexity index is 1070. The Balaban J connectivity index is 2.21. The zero-order valence-corrected chi connectivity index (χ0v) is 20.8. The van der Waals surface area contributed by atoms with Crippen LogP contribution in [-0.4, -0.2) is 59.3 Å². The van der Waals surface area contributed by atoms with Crippen molar-refractivity contribution in [2.45, 2.75) is 38.0 Å². The number of carbonyl (C=O) groups excluding carboxylic acids is 1. The monoisotopic (exact) mass is 510 g/mol. The highest BCUT2D eigenvalue weighted by Crippen LogP contribution is 2.33. The number of nitrogens with one attached hydrogen (secondary N) is 3. The van der Waals surface area contributed by atoms with Crippen molar-refractivity contribution in [3.05, 3.63) is 29.3 Å². The lowest BCUT2D eigenvalue weighted by Crippen LogP contribution is -2.33. The van der Waals surface area contributed by atoms with Crippen LogP contribution >= 0.6 is 11.8 Å². The normalized spacial score (nSPS) is 12.2. The van der Waals surface area contributed by atoms with Crippen LogP contribution < -0.4 is 21.7 Å². The fourth-order valence-electron chi connectivity index (χ4n) is 3.19. The summed E-state index contributed by atoms with van der Waals surface area (Å²) < 4.78 is 40.4. The average molecular weight is 511 g/mol. The Morgan fingerprint density at radius 1 is 1.23 bits per heavy atom. The van der Waals surface area contributed by atoms with Crippen molar-refractivity contribution in [2.75, 3.05) is 54.1 Å². The summed E-state index contributed by atoms with van der Waals surface area (Å²) in [5.74, 6) is -0.637. The number of hydrogen-bond acceptors (Lipinski definition) is 9. The number of rotatable bonds is 11. The van der Waals surface area contributed by atoms with Crippen molar-refractivity contribution in [3.8, 4) is 6.07 Å². The van der Waals surface area contributed by atoms with E-state index in [1.54, 1.807) is 6.26 Å². The number of nitrogen functional groups attached to an aromatic ring is 1. The molecule has 35 heavy (non-hydrogen) atoms. The molecule has 2 rings (SSSR count). The van der Waals surface area contributed by atoms with E-state index in [-0.39, 0.29) is 28.7 Å². The number of nitriles is 1. The van der Waals surface area contributed by atoms with Crippen LogP contribution in [-0.2, 0) is 11.0 Å². The molecule has 13 heteroatoms. The maximum absolute atomic E-state index is 13.5. The number of halogens is 3. The molecule has 1 amide bonds. The standard InChI is InChI=1S/C22H29F3N8OS/c1-5-33(6-2)8-7-28-15-9-14(22(23,24)25)10-16(11-15)30-19(34)13(3)29-18-17(12-26)20(35-4)32-21(27)31-18/h9-11,13,28H,5-8H2,1-4H3,(H,30,34)(H3,27,29,31,32). The Morgan fingerprint density at radius 2 is 1.89 bits per heavy atom. The minimum atomic E-state index is -4.59. The van der Waals surface area contributed by atoms with E-state index >= 15 is 0 Å². The molecule has 0 aliphatic carbocycles. The lowest BCUT2D eigenvalue weighted by molar-refractivity contribution is -0.137. The van der Waals surface area contributed by atoms with Gasteiger partial charge in [0, 0.05) is 24.5 Å². The largest absolute Gasteiger partial charge is 0.416 e. The summed E-state index contributed by atoms with van der Waals surface area (Å²) in [6.45, 7) is 8.27. The van der Waals surface area contributed by atoms with Crippen molar-refractivity contribution >= 4 is 40.8 Å². The smallest absolute Gasteiger partial charge is 0.384 e. The minimum absolute atomic E-state index is 0.0173. The van der Waals surface area contributed by atoms with Crippen LogP contribution in [0.4, 0.5) is 36.3 Å². The molecule has 0 saturated heterocycles. The van der Waals surface area contributed by atoms with Crippen molar-refractivity contribution in [1.82, 2.24) is 14.9 Å². The van der Waals surface area contributed by atoms with Gasteiger partial charge in [0.05, 0.1) is 5.56 Å². The number of nitrogens with two attached hydrogens (primary N) is 1. The van der Waals surface area contributed by atoms with Crippen LogP contribution in [0.25, 0.3) is 0 Å². The van der Waals surface area contributed by atoms with Gasteiger partial charge in [-0.15, -0.1) is 11.8 Å². The van der Waals surface area contributed by atoms with Gasteiger partial charge in [-0.2, -0.15) is 23.4 Å². The fourth-order valence-corrected chi connectivity index (χ4v) is 3.73. The molecule has 1 heterocycles.